The monoisotopic (exact) mass is 267 g/mol. The summed E-state index contributed by atoms with van der Waals surface area (Å²) in [6, 6.07) is 4.46. The predicted molar refractivity (Wildman–Crippen MR) is 59.1 cm³/mol. The summed E-state index contributed by atoms with van der Waals surface area (Å²) in [5, 5.41) is -0.802. The number of sulfonamides is 1. The standard InChI is InChI=1S/C10H12F3NO2S/c1-7(2)17(15,16)14-9-6-4-3-5-8(9)10(11,12)13/h3-7,14H,1-2H3. The molecule has 0 amide bonds. The largest absolute Gasteiger partial charge is 0.418 e. The van der Waals surface area contributed by atoms with Crippen LogP contribution in [0.4, 0.5) is 18.9 Å². The van der Waals surface area contributed by atoms with E-state index in [2.05, 4.69) is 0 Å². The zero-order valence-corrected chi connectivity index (χ0v) is 10.1. The first-order valence-corrected chi connectivity index (χ1v) is 6.37. The maximum Gasteiger partial charge on any atom is 0.418 e. The second-order valence-corrected chi connectivity index (χ2v) is 5.98. The molecule has 0 aliphatic carbocycles. The molecule has 0 aliphatic rings. The van der Waals surface area contributed by atoms with E-state index in [1.165, 1.54) is 26.0 Å². The minimum atomic E-state index is -4.59. The molecule has 0 bridgehead atoms. The third-order valence-corrected chi connectivity index (χ3v) is 3.85. The van der Waals surface area contributed by atoms with E-state index in [0.717, 1.165) is 12.1 Å². The van der Waals surface area contributed by atoms with Crippen LogP contribution in [0.15, 0.2) is 24.3 Å². The molecule has 0 radical (unpaired) electrons. The number of para-hydroxylation sites is 1. The molecule has 0 spiro atoms. The number of benzene rings is 1. The average molecular weight is 267 g/mol. The van der Waals surface area contributed by atoms with Crippen LogP contribution < -0.4 is 4.72 Å². The molecule has 17 heavy (non-hydrogen) atoms. The first-order valence-electron chi connectivity index (χ1n) is 4.82. The summed E-state index contributed by atoms with van der Waals surface area (Å²) in [4.78, 5) is 0. The van der Waals surface area contributed by atoms with Crippen molar-refractivity contribution in [1.29, 1.82) is 0 Å². The third kappa shape index (κ3) is 3.36. The van der Waals surface area contributed by atoms with Gasteiger partial charge in [0.25, 0.3) is 0 Å². The lowest BCUT2D eigenvalue weighted by atomic mass is 10.2. The highest BCUT2D eigenvalue weighted by atomic mass is 32.2. The van der Waals surface area contributed by atoms with Gasteiger partial charge in [-0.05, 0) is 26.0 Å². The summed E-state index contributed by atoms with van der Waals surface area (Å²) in [7, 11) is -3.78. The van der Waals surface area contributed by atoms with Crippen molar-refractivity contribution in [3.05, 3.63) is 29.8 Å². The summed E-state index contributed by atoms with van der Waals surface area (Å²) in [6.45, 7) is 2.77. The molecule has 1 rings (SSSR count). The van der Waals surface area contributed by atoms with Crippen LogP contribution in [0.2, 0.25) is 0 Å². The molecule has 0 unspecified atom stereocenters. The molecule has 96 valence electrons. The quantitative estimate of drug-likeness (QED) is 0.915. The summed E-state index contributed by atoms with van der Waals surface area (Å²) in [6.07, 6.45) is -4.59. The van der Waals surface area contributed by atoms with Crippen molar-refractivity contribution in [2.75, 3.05) is 4.72 Å². The predicted octanol–water partition coefficient (Wildman–Crippen LogP) is 2.86. The molecule has 1 N–H and O–H groups in total. The minimum absolute atomic E-state index is 0.450. The molecular formula is C10H12F3NO2S. The molecular weight excluding hydrogens is 255 g/mol. The third-order valence-electron chi connectivity index (χ3n) is 2.11. The van der Waals surface area contributed by atoms with Crippen molar-refractivity contribution in [2.45, 2.75) is 25.3 Å². The second kappa shape index (κ2) is 4.56. The fraction of sp³-hybridized carbons (Fsp3) is 0.400. The summed E-state index contributed by atoms with van der Waals surface area (Å²) in [5.74, 6) is 0. The number of alkyl halides is 3. The first-order chi connectivity index (χ1) is 7.64. The van der Waals surface area contributed by atoms with Crippen LogP contribution >= 0.6 is 0 Å². The van der Waals surface area contributed by atoms with E-state index in [1.807, 2.05) is 4.72 Å². The van der Waals surface area contributed by atoms with Crippen molar-refractivity contribution in [2.24, 2.45) is 0 Å². The van der Waals surface area contributed by atoms with Gasteiger partial charge < -0.3 is 0 Å². The zero-order chi connectivity index (χ0) is 13.3. The molecule has 0 atom stereocenters. The van der Waals surface area contributed by atoms with Gasteiger partial charge >= 0.3 is 6.18 Å². The summed E-state index contributed by atoms with van der Waals surface area (Å²) < 4.78 is 62.7. The van der Waals surface area contributed by atoms with E-state index in [0.29, 0.717) is 0 Å². The Balaban J connectivity index is 3.17. The van der Waals surface area contributed by atoms with Crippen LogP contribution in [0.5, 0.6) is 0 Å². The molecule has 0 aliphatic heterocycles. The Morgan fingerprint density at radius 3 is 2.18 bits per heavy atom. The van der Waals surface area contributed by atoms with E-state index >= 15 is 0 Å². The minimum Gasteiger partial charge on any atom is -0.283 e. The maximum atomic E-state index is 12.6. The van der Waals surface area contributed by atoms with Gasteiger partial charge in [0, 0.05) is 0 Å². The lowest BCUT2D eigenvalue weighted by molar-refractivity contribution is -0.136. The van der Waals surface area contributed by atoms with Crippen LogP contribution in [0.3, 0.4) is 0 Å². The van der Waals surface area contributed by atoms with Crippen molar-refractivity contribution >= 4 is 15.7 Å². The van der Waals surface area contributed by atoms with Gasteiger partial charge in [-0.25, -0.2) is 8.42 Å². The van der Waals surface area contributed by atoms with Crippen LogP contribution in [-0.2, 0) is 16.2 Å². The van der Waals surface area contributed by atoms with Crippen molar-refractivity contribution in [1.82, 2.24) is 0 Å². The van der Waals surface area contributed by atoms with Gasteiger partial charge in [-0.1, -0.05) is 12.1 Å². The van der Waals surface area contributed by atoms with Crippen molar-refractivity contribution < 1.29 is 21.6 Å². The van der Waals surface area contributed by atoms with E-state index < -0.39 is 32.7 Å². The van der Waals surface area contributed by atoms with Crippen molar-refractivity contribution in [3.63, 3.8) is 0 Å². The molecule has 0 fully saturated rings. The molecule has 0 heterocycles. The van der Waals surface area contributed by atoms with Gasteiger partial charge in [0.2, 0.25) is 10.0 Å². The molecule has 0 saturated heterocycles. The van der Waals surface area contributed by atoms with Gasteiger partial charge in [-0.2, -0.15) is 13.2 Å². The number of hydrogen-bond donors (Lipinski definition) is 1. The Bertz CT molecular complexity index is 495. The van der Waals surface area contributed by atoms with Gasteiger partial charge in [-0.15, -0.1) is 0 Å². The second-order valence-electron chi connectivity index (χ2n) is 3.74. The van der Waals surface area contributed by atoms with Gasteiger partial charge in [0.1, 0.15) is 0 Å². The van der Waals surface area contributed by atoms with Crippen LogP contribution in [0, 0.1) is 0 Å². The van der Waals surface area contributed by atoms with Crippen LogP contribution in [0.1, 0.15) is 19.4 Å². The highest BCUT2D eigenvalue weighted by molar-refractivity contribution is 7.93. The molecule has 0 aromatic heterocycles. The fourth-order valence-corrected chi connectivity index (χ4v) is 1.81. The maximum absolute atomic E-state index is 12.6. The highest BCUT2D eigenvalue weighted by Gasteiger charge is 2.34. The normalized spacial score (nSPS) is 12.8. The van der Waals surface area contributed by atoms with Gasteiger partial charge in [-0.3, -0.25) is 4.72 Å². The molecule has 1 aromatic rings. The van der Waals surface area contributed by atoms with Crippen LogP contribution in [0.25, 0.3) is 0 Å². The Labute approximate surface area is 97.7 Å². The number of anilines is 1. The lowest BCUT2D eigenvalue weighted by Crippen LogP contribution is -2.24. The van der Waals surface area contributed by atoms with Crippen molar-refractivity contribution in [3.8, 4) is 0 Å². The average Bonchev–Trinajstić information content (AvgIpc) is 2.15. The van der Waals surface area contributed by atoms with E-state index in [-0.39, 0.29) is 0 Å². The molecule has 3 nitrogen and oxygen atoms in total. The molecule has 0 saturated carbocycles. The smallest absolute Gasteiger partial charge is 0.283 e. The fourth-order valence-electron chi connectivity index (χ4n) is 1.09. The van der Waals surface area contributed by atoms with Crippen LogP contribution in [-0.4, -0.2) is 13.7 Å². The van der Waals surface area contributed by atoms with E-state index in [1.54, 1.807) is 0 Å². The van der Waals surface area contributed by atoms with E-state index in [9.17, 15) is 21.6 Å². The van der Waals surface area contributed by atoms with Gasteiger partial charge in [0.15, 0.2) is 0 Å². The Morgan fingerprint density at radius 2 is 1.71 bits per heavy atom. The number of hydrogen-bond acceptors (Lipinski definition) is 2. The highest BCUT2D eigenvalue weighted by Crippen LogP contribution is 2.35. The van der Waals surface area contributed by atoms with E-state index in [4.69, 9.17) is 0 Å². The Hall–Kier alpha value is -1.24. The summed E-state index contributed by atoms with van der Waals surface area (Å²) in [5.41, 5.74) is -1.45. The number of rotatable bonds is 3. The molecule has 7 heteroatoms. The Kier molecular flexibility index (Phi) is 3.71. The zero-order valence-electron chi connectivity index (χ0n) is 9.25. The molecule has 1 aromatic carbocycles. The number of halogens is 3. The van der Waals surface area contributed by atoms with Gasteiger partial charge in [0.05, 0.1) is 16.5 Å². The Morgan fingerprint density at radius 1 is 1.18 bits per heavy atom. The summed E-state index contributed by atoms with van der Waals surface area (Å²) >= 11 is 0. The number of nitrogens with one attached hydrogen (secondary N) is 1. The first kappa shape index (κ1) is 13.8. The SMILES string of the molecule is CC(C)S(=O)(=O)Nc1ccccc1C(F)(F)F. The lowest BCUT2D eigenvalue weighted by Gasteiger charge is -2.15. The topological polar surface area (TPSA) is 46.2 Å².